The third kappa shape index (κ3) is 2.65. The van der Waals surface area contributed by atoms with E-state index >= 15 is 0 Å². The molecule has 1 heteroatoms. The third-order valence-electron chi connectivity index (χ3n) is 2.53. The molecule has 2 rings (SSSR count). The molecule has 0 aliphatic rings. The Morgan fingerprint density at radius 2 is 1.44 bits per heavy atom. The Kier molecular flexibility index (Phi) is 3.62. The van der Waals surface area contributed by atoms with Crippen molar-refractivity contribution in [1.29, 1.82) is 0 Å². The first-order valence-corrected chi connectivity index (χ1v) is 5.38. The number of rotatable bonds is 4. The van der Waals surface area contributed by atoms with Crippen LogP contribution < -0.4 is 0 Å². The molecule has 0 amide bonds. The molecular formula is C15H15O+. The van der Waals surface area contributed by atoms with E-state index in [0.717, 1.165) is 0 Å². The number of benzene rings is 2. The lowest BCUT2D eigenvalue weighted by Gasteiger charge is -2.11. The van der Waals surface area contributed by atoms with Gasteiger partial charge in [0, 0.05) is 19.2 Å². The highest BCUT2D eigenvalue weighted by molar-refractivity contribution is 5.29. The standard InChI is InChI=1S/C15H15O/c1-16-15(14-10-6-3-7-11-14)12-13-8-4-2-5-9-13/h2-12,15H,1H3/q+1. The topological polar surface area (TPSA) is 9.23 Å². The number of hydrogen-bond donors (Lipinski definition) is 0. The van der Waals surface area contributed by atoms with E-state index in [0.29, 0.717) is 0 Å². The average molecular weight is 211 g/mol. The largest absolute Gasteiger partial charge is 0.360 e. The van der Waals surface area contributed by atoms with Crippen molar-refractivity contribution in [3.8, 4) is 0 Å². The van der Waals surface area contributed by atoms with E-state index in [1.807, 2.05) is 36.4 Å². The summed E-state index contributed by atoms with van der Waals surface area (Å²) in [4.78, 5) is 0. The summed E-state index contributed by atoms with van der Waals surface area (Å²) in [6, 6.07) is 20.5. The average Bonchev–Trinajstić information content (AvgIpc) is 2.38. The van der Waals surface area contributed by atoms with Crippen molar-refractivity contribution in [1.82, 2.24) is 0 Å². The fraction of sp³-hybridized carbons (Fsp3) is 0.133. The summed E-state index contributed by atoms with van der Waals surface area (Å²) in [5.74, 6) is 0. The van der Waals surface area contributed by atoms with Crippen molar-refractivity contribution in [2.45, 2.75) is 6.10 Å². The molecule has 1 nitrogen and oxygen atoms in total. The van der Waals surface area contributed by atoms with Crippen LogP contribution >= 0.6 is 0 Å². The van der Waals surface area contributed by atoms with E-state index in [2.05, 4.69) is 30.7 Å². The Balaban J connectivity index is 2.13. The van der Waals surface area contributed by atoms with Crippen LogP contribution in [-0.4, -0.2) is 7.11 Å². The molecule has 2 aromatic rings. The van der Waals surface area contributed by atoms with Crippen molar-refractivity contribution in [2.75, 3.05) is 7.11 Å². The van der Waals surface area contributed by atoms with Crippen LogP contribution in [0.5, 0.6) is 0 Å². The number of methoxy groups -OCH3 is 1. The van der Waals surface area contributed by atoms with Crippen LogP contribution in [0, 0.1) is 6.42 Å². The van der Waals surface area contributed by atoms with Gasteiger partial charge < -0.3 is 4.74 Å². The second kappa shape index (κ2) is 5.38. The van der Waals surface area contributed by atoms with E-state index in [1.54, 1.807) is 7.11 Å². The Labute approximate surface area is 96.7 Å². The smallest absolute Gasteiger partial charge is 0.146 e. The molecule has 80 valence electrons. The zero-order valence-corrected chi connectivity index (χ0v) is 9.34. The molecule has 0 aliphatic heterocycles. The van der Waals surface area contributed by atoms with Crippen LogP contribution in [0.1, 0.15) is 17.2 Å². The van der Waals surface area contributed by atoms with Gasteiger partial charge in [0.05, 0.1) is 6.42 Å². The zero-order chi connectivity index (χ0) is 11.2. The van der Waals surface area contributed by atoms with Crippen molar-refractivity contribution < 1.29 is 4.74 Å². The summed E-state index contributed by atoms with van der Waals surface area (Å²) in [5.41, 5.74) is 2.35. The molecule has 0 fully saturated rings. The fourth-order valence-corrected chi connectivity index (χ4v) is 1.68. The van der Waals surface area contributed by atoms with E-state index in [4.69, 9.17) is 4.74 Å². The maximum Gasteiger partial charge on any atom is 0.146 e. The van der Waals surface area contributed by atoms with Gasteiger partial charge in [-0.25, -0.2) is 0 Å². The normalized spacial score (nSPS) is 12.1. The summed E-state index contributed by atoms with van der Waals surface area (Å²) in [6.45, 7) is 0. The predicted molar refractivity (Wildman–Crippen MR) is 66.0 cm³/mol. The van der Waals surface area contributed by atoms with Gasteiger partial charge in [-0.05, 0) is 23.8 Å². The van der Waals surface area contributed by atoms with Gasteiger partial charge in [-0.3, -0.25) is 0 Å². The summed E-state index contributed by atoms with van der Waals surface area (Å²) in [6.07, 6.45) is 2.14. The van der Waals surface area contributed by atoms with Gasteiger partial charge >= 0.3 is 0 Å². The van der Waals surface area contributed by atoms with Gasteiger partial charge in [-0.2, -0.15) is 0 Å². The molecule has 1 atom stereocenters. The molecule has 2 aromatic carbocycles. The molecule has 0 aromatic heterocycles. The van der Waals surface area contributed by atoms with Crippen molar-refractivity contribution >= 4 is 0 Å². The molecular weight excluding hydrogens is 196 g/mol. The van der Waals surface area contributed by atoms with Crippen LogP contribution in [0.15, 0.2) is 60.7 Å². The zero-order valence-electron chi connectivity index (χ0n) is 9.34. The monoisotopic (exact) mass is 211 g/mol. The van der Waals surface area contributed by atoms with Crippen molar-refractivity contribution in [3.05, 3.63) is 78.2 Å². The number of ether oxygens (including phenoxy) is 1. The van der Waals surface area contributed by atoms with E-state index in [9.17, 15) is 0 Å². The van der Waals surface area contributed by atoms with E-state index in [-0.39, 0.29) is 6.10 Å². The fourth-order valence-electron chi connectivity index (χ4n) is 1.68. The second-order valence-corrected chi connectivity index (χ2v) is 3.64. The molecule has 0 radical (unpaired) electrons. The van der Waals surface area contributed by atoms with Gasteiger partial charge in [0.15, 0.2) is 0 Å². The molecule has 1 unspecified atom stereocenters. The Bertz CT molecular complexity index is 408. The summed E-state index contributed by atoms with van der Waals surface area (Å²) >= 11 is 0. The van der Waals surface area contributed by atoms with Gasteiger partial charge in [-0.15, -0.1) is 0 Å². The highest BCUT2D eigenvalue weighted by atomic mass is 16.5. The van der Waals surface area contributed by atoms with Crippen LogP contribution in [0.25, 0.3) is 0 Å². The highest BCUT2D eigenvalue weighted by Crippen LogP contribution is 2.22. The van der Waals surface area contributed by atoms with Crippen LogP contribution in [0.4, 0.5) is 0 Å². The van der Waals surface area contributed by atoms with Gasteiger partial charge in [0.1, 0.15) is 11.7 Å². The van der Waals surface area contributed by atoms with E-state index < -0.39 is 0 Å². The maximum absolute atomic E-state index is 5.48. The van der Waals surface area contributed by atoms with Gasteiger partial charge in [-0.1, -0.05) is 30.3 Å². The minimum atomic E-state index is 0.0172. The first-order chi connectivity index (χ1) is 7.90. The molecule has 0 aliphatic carbocycles. The Morgan fingerprint density at radius 1 is 0.875 bits per heavy atom. The lowest BCUT2D eigenvalue weighted by molar-refractivity contribution is 0.132. The summed E-state index contributed by atoms with van der Waals surface area (Å²) in [5, 5.41) is 0. The van der Waals surface area contributed by atoms with Gasteiger partial charge in [0.25, 0.3) is 0 Å². The molecule has 0 heterocycles. The molecule has 0 bridgehead atoms. The molecule has 0 saturated heterocycles. The predicted octanol–water partition coefficient (Wildman–Crippen LogP) is 3.63. The molecule has 0 saturated carbocycles. The lowest BCUT2D eigenvalue weighted by atomic mass is 10.0. The van der Waals surface area contributed by atoms with Crippen LogP contribution in [0.3, 0.4) is 0 Å². The Hall–Kier alpha value is -1.73. The van der Waals surface area contributed by atoms with Crippen molar-refractivity contribution in [3.63, 3.8) is 0 Å². The van der Waals surface area contributed by atoms with Crippen LogP contribution in [0.2, 0.25) is 0 Å². The molecule has 0 N–H and O–H groups in total. The SMILES string of the molecule is COC([CH+]c1ccccc1)c1ccccc1. The summed E-state index contributed by atoms with van der Waals surface area (Å²) < 4.78 is 5.48. The van der Waals surface area contributed by atoms with E-state index in [1.165, 1.54) is 11.1 Å². The first kappa shape index (κ1) is 10.8. The van der Waals surface area contributed by atoms with Crippen molar-refractivity contribution in [2.24, 2.45) is 0 Å². The lowest BCUT2D eigenvalue weighted by Crippen LogP contribution is -2.02. The Morgan fingerprint density at radius 3 is 2.00 bits per heavy atom. The van der Waals surface area contributed by atoms with Crippen LogP contribution in [-0.2, 0) is 4.74 Å². The molecule has 16 heavy (non-hydrogen) atoms. The summed E-state index contributed by atoms with van der Waals surface area (Å²) in [7, 11) is 1.73. The van der Waals surface area contributed by atoms with Gasteiger partial charge in [0.2, 0.25) is 0 Å². The first-order valence-electron chi connectivity index (χ1n) is 5.38. The third-order valence-corrected chi connectivity index (χ3v) is 2.53. The minimum absolute atomic E-state index is 0.0172. The maximum atomic E-state index is 5.48. The minimum Gasteiger partial charge on any atom is -0.360 e. The number of hydrogen-bond acceptors (Lipinski definition) is 1. The molecule has 0 spiro atoms. The second-order valence-electron chi connectivity index (χ2n) is 3.64. The highest BCUT2D eigenvalue weighted by Gasteiger charge is 2.15. The quantitative estimate of drug-likeness (QED) is 0.702.